The number of anilines is 1. The van der Waals surface area contributed by atoms with Crippen LogP contribution in [0.3, 0.4) is 0 Å². The molecule has 0 spiro atoms. The van der Waals surface area contributed by atoms with Gasteiger partial charge >= 0.3 is 0 Å². The third-order valence-electron chi connectivity index (χ3n) is 8.16. The van der Waals surface area contributed by atoms with Crippen molar-refractivity contribution < 1.29 is 14.0 Å². The van der Waals surface area contributed by atoms with Gasteiger partial charge in [-0.2, -0.15) is 0 Å². The first-order valence-corrected chi connectivity index (χ1v) is 13.8. The summed E-state index contributed by atoms with van der Waals surface area (Å²) in [4.78, 5) is 30.1. The molecule has 0 unspecified atom stereocenters. The number of benzene rings is 2. The average molecular weight is 536 g/mol. The van der Waals surface area contributed by atoms with Crippen LogP contribution in [0.15, 0.2) is 77.5 Å². The van der Waals surface area contributed by atoms with E-state index in [-0.39, 0.29) is 22.5 Å². The lowest BCUT2D eigenvalue weighted by molar-refractivity contribution is 0.0951. The van der Waals surface area contributed by atoms with Crippen LogP contribution in [0.4, 0.5) is 5.69 Å². The maximum absolute atomic E-state index is 13.1. The summed E-state index contributed by atoms with van der Waals surface area (Å²) in [6.45, 7) is 11.8. The first-order chi connectivity index (χ1) is 19.0. The fourth-order valence-electron chi connectivity index (χ4n) is 5.49. The van der Waals surface area contributed by atoms with Gasteiger partial charge in [0.2, 0.25) is 0 Å². The number of carbonyl (C=O) groups excluding carboxylic acids is 2. The highest BCUT2D eigenvalue weighted by molar-refractivity contribution is 6.07. The van der Waals surface area contributed by atoms with Gasteiger partial charge in [-0.3, -0.25) is 14.6 Å². The molecule has 1 aliphatic rings. The summed E-state index contributed by atoms with van der Waals surface area (Å²) in [5, 5.41) is 5.73. The van der Waals surface area contributed by atoms with Gasteiger partial charge in [-0.15, -0.1) is 0 Å². The maximum Gasteiger partial charge on any atom is 0.291 e. The third kappa shape index (κ3) is 5.71. The fourth-order valence-corrected chi connectivity index (χ4v) is 5.49. The molecule has 2 aromatic carbocycles. The van der Waals surface area contributed by atoms with E-state index in [1.807, 2.05) is 18.2 Å². The largest absolute Gasteiger partial charge is 0.456 e. The zero-order chi connectivity index (χ0) is 28.5. The number of hydrogen-bond acceptors (Lipinski definition) is 4. The number of nitrogens with one attached hydrogen (secondary N) is 2. The molecule has 0 saturated carbocycles. The summed E-state index contributed by atoms with van der Waals surface area (Å²) >= 11 is 0. The smallest absolute Gasteiger partial charge is 0.291 e. The number of amides is 2. The van der Waals surface area contributed by atoms with Crippen molar-refractivity contribution in [1.82, 2.24) is 10.3 Å². The van der Waals surface area contributed by atoms with Gasteiger partial charge < -0.3 is 15.1 Å². The van der Waals surface area contributed by atoms with Gasteiger partial charge in [-0.05, 0) is 88.7 Å². The fraction of sp³-hybridized carbons (Fsp3) is 0.324. The van der Waals surface area contributed by atoms with E-state index in [1.54, 1.807) is 42.7 Å². The van der Waals surface area contributed by atoms with Crippen molar-refractivity contribution >= 4 is 17.5 Å². The summed E-state index contributed by atoms with van der Waals surface area (Å²) in [5.41, 5.74) is 7.27. The highest BCUT2D eigenvalue weighted by Gasteiger charge is 2.37. The predicted molar refractivity (Wildman–Crippen MR) is 158 cm³/mol. The van der Waals surface area contributed by atoms with Crippen LogP contribution in [0.2, 0.25) is 0 Å². The van der Waals surface area contributed by atoms with E-state index >= 15 is 0 Å². The van der Waals surface area contributed by atoms with Crippen LogP contribution in [0.25, 0.3) is 0 Å². The van der Waals surface area contributed by atoms with Crippen LogP contribution in [0.1, 0.15) is 95.0 Å². The molecule has 0 aliphatic heterocycles. The quantitative estimate of drug-likeness (QED) is 0.264. The molecule has 5 rings (SSSR count). The number of nitrogens with zero attached hydrogens (tertiary/aromatic N) is 1. The number of hydrogen-bond donors (Lipinski definition) is 2. The van der Waals surface area contributed by atoms with Crippen molar-refractivity contribution in [3.8, 4) is 0 Å². The highest BCUT2D eigenvalue weighted by Crippen LogP contribution is 2.46. The molecule has 0 saturated heterocycles. The molecule has 0 atom stereocenters. The van der Waals surface area contributed by atoms with Gasteiger partial charge in [0.1, 0.15) is 5.76 Å². The molecule has 6 heteroatoms. The molecular formula is C34H37N3O3. The number of pyridine rings is 1. The number of furan rings is 1. The summed E-state index contributed by atoms with van der Waals surface area (Å²) in [5.74, 6) is 0.249. The molecule has 2 amide bonds. The molecule has 2 aromatic heterocycles. The second-order valence-electron chi connectivity index (χ2n) is 12.1. The molecule has 2 heterocycles. The zero-order valence-corrected chi connectivity index (χ0v) is 23.9. The van der Waals surface area contributed by atoms with Gasteiger partial charge in [-0.25, -0.2) is 0 Å². The molecule has 40 heavy (non-hydrogen) atoms. The third-order valence-corrected chi connectivity index (χ3v) is 8.16. The second-order valence-corrected chi connectivity index (χ2v) is 12.1. The van der Waals surface area contributed by atoms with Gasteiger partial charge in [0.15, 0.2) is 5.76 Å². The zero-order valence-electron chi connectivity index (χ0n) is 23.9. The molecule has 6 nitrogen and oxygen atoms in total. The molecule has 0 fully saturated rings. The Morgan fingerprint density at radius 3 is 2.35 bits per heavy atom. The van der Waals surface area contributed by atoms with E-state index in [1.165, 1.54) is 28.7 Å². The molecular weight excluding hydrogens is 498 g/mol. The Hall–Kier alpha value is -4.19. The topological polar surface area (TPSA) is 84.2 Å². The Balaban J connectivity index is 1.30. The lowest BCUT2D eigenvalue weighted by Crippen LogP contribution is -2.34. The molecule has 0 bridgehead atoms. The van der Waals surface area contributed by atoms with E-state index in [4.69, 9.17) is 4.42 Å². The SMILES string of the molecule is Cc1cc2c(cc1Cc1ccc(C(=O)Nc3ccccc3C(=O)NCc3cccnc3)o1)C(C)(C)CCC2(C)C. The Morgan fingerprint density at radius 2 is 1.62 bits per heavy atom. The summed E-state index contributed by atoms with van der Waals surface area (Å²) in [7, 11) is 0. The molecule has 4 aromatic rings. The number of carbonyl (C=O) groups is 2. The van der Waals surface area contributed by atoms with Crippen LogP contribution in [-0.2, 0) is 23.8 Å². The van der Waals surface area contributed by atoms with E-state index in [2.05, 4.69) is 62.4 Å². The van der Waals surface area contributed by atoms with Crippen LogP contribution in [0.5, 0.6) is 0 Å². The first kappa shape index (κ1) is 27.4. The van der Waals surface area contributed by atoms with E-state index in [0.29, 0.717) is 24.2 Å². The molecule has 1 aliphatic carbocycles. The normalized spacial score (nSPS) is 15.2. The first-order valence-electron chi connectivity index (χ1n) is 13.8. The summed E-state index contributed by atoms with van der Waals surface area (Å²) in [6, 6.07) is 18.9. The minimum absolute atomic E-state index is 0.124. The van der Waals surface area contributed by atoms with Crippen molar-refractivity contribution in [1.29, 1.82) is 0 Å². The van der Waals surface area contributed by atoms with E-state index in [0.717, 1.165) is 17.7 Å². The minimum Gasteiger partial charge on any atom is -0.456 e. The number of rotatable bonds is 7. The maximum atomic E-state index is 13.1. The number of aryl methyl sites for hydroxylation is 1. The van der Waals surface area contributed by atoms with Crippen molar-refractivity contribution in [2.45, 2.75) is 71.3 Å². The molecule has 206 valence electrons. The van der Waals surface area contributed by atoms with Gasteiger partial charge in [-0.1, -0.05) is 58.0 Å². The van der Waals surface area contributed by atoms with Crippen molar-refractivity contribution in [3.63, 3.8) is 0 Å². The van der Waals surface area contributed by atoms with Crippen LogP contribution < -0.4 is 10.6 Å². The Labute approximate surface area is 236 Å². The lowest BCUT2D eigenvalue weighted by atomic mass is 9.62. The van der Waals surface area contributed by atoms with Gasteiger partial charge in [0.25, 0.3) is 11.8 Å². The lowest BCUT2D eigenvalue weighted by Gasteiger charge is -2.42. The predicted octanol–water partition coefficient (Wildman–Crippen LogP) is 7.11. The van der Waals surface area contributed by atoms with Gasteiger partial charge in [0, 0.05) is 25.4 Å². The van der Waals surface area contributed by atoms with Crippen LogP contribution in [0, 0.1) is 6.92 Å². The van der Waals surface area contributed by atoms with E-state index in [9.17, 15) is 9.59 Å². The van der Waals surface area contributed by atoms with Gasteiger partial charge in [0.05, 0.1) is 11.3 Å². The Morgan fingerprint density at radius 1 is 0.900 bits per heavy atom. The van der Waals surface area contributed by atoms with E-state index < -0.39 is 5.91 Å². The number of para-hydroxylation sites is 1. The molecule has 2 N–H and O–H groups in total. The van der Waals surface area contributed by atoms with Crippen molar-refractivity contribution in [3.05, 3.63) is 118 Å². The summed E-state index contributed by atoms with van der Waals surface area (Å²) in [6.07, 6.45) is 6.33. The van der Waals surface area contributed by atoms with Crippen LogP contribution >= 0.6 is 0 Å². The van der Waals surface area contributed by atoms with Crippen molar-refractivity contribution in [2.75, 3.05) is 5.32 Å². The monoisotopic (exact) mass is 535 g/mol. The number of fused-ring (bicyclic) bond motifs is 1. The standard InChI is InChI=1S/C34H37N3O3/c1-22-17-27-28(34(4,5)15-14-33(27,2)3)19-24(22)18-25-12-13-30(40-25)32(39)37-29-11-7-6-10-26(29)31(38)36-21-23-9-8-16-35-20-23/h6-13,16-17,19-20H,14-15,18,21H2,1-5H3,(H,36,38)(H,37,39). The molecule has 0 radical (unpaired) electrons. The van der Waals surface area contributed by atoms with Crippen molar-refractivity contribution in [2.24, 2.45) is 0 Å². The highest BCUT2D eigenvalue weighted by atomic mass is 16.3. The van der Waals surface area contributed by atoms with Crippen LogP contribution in [-0.4, -0.2) is 16.8 Å². The Kier molecular flexibility index (Phi) is 7.37. The Bertz CT molecular complexity index is 1550. The second kappa shape index (κ2) is 10.8. The number of aromatic nitrogens is 1. The average Bonchev–Trinajstić information content (AvgIpc) is 3.40. The summed E-state index contributed by atoms with van der Waals surface area (Å²) < 4.78 is 6.00. The minimum atomic E-state index is -0.399.